The van der Waals surface area contributed by atoms with E-state index in [9.17, 15) is 18.8 Å². The number of aryl methyl sites for hydroxylation is 1. The van der Waals surface area contributed by atoms with Crippen molar-refractivity contribution < 1.29 is 23.5 Å². The molecule has 2 amide bonds. The largest absolute Gasteiger partial charge is 0.497 e. The molecule has 0 spiro atoms. The van der Waals surface area contributed by atoms with Gasteiger partial charge in [0.15, 0.2) is 5.78 Å². The van der Waals surface area contributed by atoms with E-state index in [0.717, 1.165) is 24.3 Å². The average molecular weight is 532 g/mol. The van der Waals surface area contributed by atoms with Crippen molar-refractivity contribution in [3.63, 3.8) is 0 Å². The van der Waals surface area contributed by atoms with Gasteiger partial charge >= 0.3 is 0 Å². The molecule has 0 unspecified atom stereocenters. The monoisotopic (exact) mass is 531 g/mol. The number of halogens is 1. The molecule has 204 valence electrons. The maximum absolute atomic E-state index is 13.7. The molecule has 1 fully saturated rings. The molecule has 3 aromatic carbocycles. The predicted molar refractivity (Wildman–Crippen MR) is 150 cm³/mol. The highest BCUT2D eigenvalue weighted by atomic mass is 19.1. The van der Waals surface area contributed by atoms with Gasteiger partial charge in [-0.2, -0.15) is 0 Å². The number of carbonyl (C=O) groups is 3. The highest BCUT2D eigenvalue weighted by Crippen LogP contribution is 2.26. The van der Waals surface area contributed by atoms with Crippen molar-refractivity contribution in [2.75, 3.05) is 43.5 Å². The quantitative estimate of drug-likeness (QED) is 0.377. The molecule has 1 aliphatic rings. The minimum atomic E-state index is -0.352. The molecule has 8 heteroatoms. The number of anilines is 2. The molecule has 1 saturated heterocycles. The van der Waals surface area contributed by atoms with E-state index in [4.69, 9.17) is 4.74 Å². The average Bonchev–Trinajstić information content (AvgIpc) is 2.94. The highest BCUT2D eigenvalue weighted by molar-refractivity contribution is 6.06. The van der Waals surface area contributed by atoms with Crippen LogP contribution in [0.15, 0.2) is 66.7 Å². The van der Waals surface area contributed by atoms with Gasteiger partial charge in [-0.3, -0.25) is 14.4 Å². The molecule has 0 bridgehead atoms. The summed E-state index contributed by atoms with van der Waals surface area (Å²) in [5, 5.41) is 2.78. The summed E-state index contributed by atoms with van der Waals surface area (Å²) in [7, 11) is 1.59. The molecule has 39 heavy (non-hydrogen) atoms. The van der Waals surface area contributed by atoms with E-state index in [2.05, 4.69) is 10.2 Å². The third-order valence-electron chi connectivity index (χ3n) is 7.12. The predicted octanol–water partition coefficient (Wildman–Crippen LogP) is 5.34. The Morgan fingerprint density at radius 1 is 1.00 bits per heavy atom. The molecular weight excluding hydrogens is 497 g/mol. The number of likely N-dealkylation sites (tertiary alicyclic amines) is 1. The van der Waals surface area contributed by atoms with Crippen LogP contribution in [-0.2, 0) is 4.79 Å². The van der Waals surface area contributed by atoms with E-state index in [-0.39, 0.29) is 29.3 Å². The zero-order valence-electron chi connectivity index (χ0n) is 22.6. The van der Waals surface area contributed by atoms with Crippen LogP contribution < -0.4 is 15.0 Å². The molecule has 0 atom stereocenters. The van der Waals surface area contributed by atoms with Crippen molar-refractivity contribution in [1.29, 1.82) is 0 Å². The van der Waals surface area contributed by atoms with Crippen LogP contribution >= 0.6 is 0 Å². The zero-order chi connectivity index (χ0) is 27.9. The van der Waals surface area contributed by atoms with Gasteiger partial charge in [-0.05, 0) is 93.0 Å². The SMILES string of the molecule is COc1cccc(N(CCN2CCC(C(=O)c3ccc(F)cc3)CC2)C(=O)c2ccc(NC(C)=O)c(C)c2)c1. The minimum absolute atomic E-state index is 0.0564. The van der Waals surface area contributed by atoms with Crippen molar-refractivity contribution in [1.82, 2.24) is 4.90 Å². The summed E-state index contributed by atoms with van der Waals surface area (Å²) in [5.41, 5.74) is 3.27. The minimum Gasteiger partial charge on any atom is -0.497 e. The zero-order valence-corrected chi connectivity index (χ0v) is 22.6. The molecule has 0 radical (unpaired) electrons. The van der Waals surface area contributed by atoms with Crippen molar-refractivity contribution in [3.05, 3.63) is 89.2 Å². The molecule has 0 aliphatic carbocycles. The molecule has 4 rings (SSSR count). The van der Waals surface area contributed by atoms with Crippen LogP contribution in [0.1, 0.15) is 46.0 Å². The van der Waals surface area contributed by atoms with Gasteiger partial charge in [0.25, 0.3) is 5.91 Å². The number of rotatable bonds is 9. The smallest absolute Gasteiger partial charge is 0.258 e. The van der Waals surface area contributed by atoms with Crippen molar-refractivity contribution in [2.45, 2.75) is 26.7 Å². The third-order valence-corrected chi connectivity index (χ3v) is 7.12. The maximum atomic E-state index is 13.7. The number of nitrogens with zero attached hydrogens (tertiary/aromatic N) is 2. The second-order valence-electron chi connectivity index (χ2n) is 9.86. The van der Waals surface area contributed by atoms with Gasteiger partial charge in [0.2, 0.25) is 5.91 Å². The number of nitrogens with one attached hydrogen (secondary N) is 1. The fourth-order valence-electron chi connectivity index (χ4n) is 4.92. The first-order valence-corrected chi connectivity index (χ1v) is 13.1. The Balaban J connectivity index is 1.45. The lowest BCUT2D eigenvalue weighted by Crippen LogP contribution is -2.43. The van der Waals surface area contributed by atoms with Crippen LogP contribution in [0, 0.1) is 18.7 Å². The van der Waals surface area contributed by atoms with Crippen molar-refractivity contribution >= 4 is 29.0 Å². The lowest BCUT2D eigenvalue weighted by Gasteiger charge is -2.33. The Kier molecular flexibility index (Phi) is 9.09. The van der Waals surface area contributed by atoms with Crippen LogP contribution in [0.5, 0.6) is 5.75 Å². The number of amides is 2. The van der Waals surface area contributed by atoms with Gasteiger partial charge in [0.05, 0.1) is 7.11 Å². The van der Waals surface area contributed by atoms with E-state index in [0.29, 0.717) is 48.5 Å². The molecule has 0 saturated carbocycles. The topological polar surface area (TPSA) is 79.0 Å². The number of ketones is 1. The van der Waals surface area contributed by atoms with Crippen molar-refractivity contribution in [2.24, 2.45) is 5.92 Å². The van der Waals surface area contributed by atoms with Gasteiger partial charge in [0.1, 0.15) is 11.6 Å². The van der Waals surface area contributed by atoms with E-state index in [1.165, 1.54) is 19.1 Å². The Morgan fingerprint density at radius 2 is 1.69 bits per heavy atom. The van der Waals surface area contributed by atoms with Crippen LogP contribution in [0.3, 0.4) is 0 Å². The lowest BCUT2D eigenvalue weighted by molar-refractivity contribution is -0.114. The summed E-state index contributed by atoms with van der Waals surface area (Å²) in [6.45, 7) is 5.88. The van der Waals surface area contributed by atoms with E-state index in [1.54, 1.807) is 42.3 Å². The fraction of sp³-hybridized carbons (Fsp3) is 0.323. The molecule has 3 aromatic rings. The number of hydrogen-bond donors (Lipinski definition) is 1. The second kappa shape index (κ2) is 12.7. The van der Waals surface area contributed by atoms with Crippen LogP contribution in [0.2, 0.25) is 0 Å². The van der Waals surface area contributed by atoms with Gasteiger partial charge in [-0.25, -0.2) is 4.39 Å². The Labute approximate surface area is 228 Å². The number of ether oxygens (including phenoxy) is 1. The molecular formula is C31H34FN3O4. The number of piperidine rings is 1. The van der Waals surface area contributed by atoms with E-state index >= 15 is 0 Å². The maximum Gasteiger partial charge on any atom is 0.258 e. The number of benzene rings is 3. The van der Waals surface area contributed by atoms with Gasteiger partial charge in [-0.15, -0.1) is 0 Å². The van der Waals surface area contributed by atoms with Gasteiger partial charge in [-0.1, -0.05) is 6.07 Å². The fourth-order valence-corrected chi connectivity index (χ4v) is 4.92. The summed E-state index contributed by atoms with van der Waals surface area (Å²) >= 11 is 0. The molecule has 1 N–H and O–H groups in total. The second-order valence-corrected chi connectivity index (χ2v) is 9.86. The van der Waals surface area contributed by atoms with E-state index in [1.807, 2.05) is 31.2 Å². The first kappa shape index (κ1) is 28.0. The summed E-state index contributed by atoms with van der Waals surface area (Å²) in [6.07, 6.45) is 1.43. The first-order valence-electron chi connectivity index (χ1n) is 13.1. The summed E-state index contributed by atoms with van der Waals surface area (Å²) in [4.78, 5) is 42.1. The Morgan fingerprint density at radius 3 is 2.33 bits per heavy atom. The molecule has 0 aromatic heterocycles. The summed E-state index contributed by atoms with van der Waals surface area (Å²) in [6, 6.07) is 18.4. The first-order chi connectivity index (χ1) is 18.7. The third kappa shape index (κ3) is 7.09. The molecule has 1 heterocycles. The molecule has 1 aliphatic heterocycles. The van der Waals surface area contributed by atoms with Crippen LogP contribution in [0.4, 0.5) is 15.8 Å². The lowest BCUT2D eigenvalue weighted by atomic mass is 9.89. The normalized spacial score (nSPS) is 14.1. The van der Waals surface area contributed by atoms with Crippen molar-refractivity contribution in [3.8, 4) is 5.75 Å². The molecule has 7 nitrogen and oxygen atoms in total. The number of carbonyl (C=O) groups excluding carboxylic acids is 3. The van der Waals surface area contributed by atoms with E-state index < -0.39 is 0 Å². The summed E-state index contributed by atoms with van der Waals surface area (Å²) < 4.78 is 18.6. The Hall–Kier alpha value is -4.04. The standard InChI is InChI=1S/C31H34FN3O4/c1-21-19-25(9-12-29(21)33-22(2)36)31(38)35(27-5-4-6-28(20-27)39-3)18-17-34-15-13-24(14-16-34)30(37)23-7-10-26(32)11-8-23/h4-12,19-20,24H,13-18H2,1-3H3,(H,33,36). The number of methoxy groups -OCH3 is 1. The van der Waals surface area contributed by atoms with Gasteiger partial charge in [0, 0.05) is 54.5 Å². The van der Waals surface area contributed by atoms with Gasteiger partial charge < -0.3 is 19.9 Å². The Bertz CT molecular complexity index is 1330. The van der Waals surface area contributed by atoms with Crippen LogP contribution in [0.25, 0.3) is 0 Å². The number of Topliss-reactive ketones (excluding diaryl/α,β-unsaturated/α-hetero) is 1. The van der Waals surface area contributed by atoms with Crippen LogP contribution in [-0.4, -0.2) is 55.8 Å². The highest BCUT2D eigenvalue weighted by Gasteiger charge is 2.27. The number of hydrogen-bond acceptors (Lipinski definition) is 5. The summed E-state index contributed by atoms with van der Waals surface area (Å²) in [5.74, 6) is -0.0489.